The summed E-state index contributed by atoms with van der Waals surface area (Å²) < 4.78 is 0. The SMILES string of the molecule is CC(CN1CCCCC1CCO)C(N)c1ccccc1. The Morgan fingerprint density at radius 2 is 2.05 bits per heavy atom. The molecule has 2 rings (SSSR count). The van der Waals surface area contributed by atoms with Gasteiger partial charge in [-0.2, -0.15) is 0 Å². The van der Waals surface area contributed by atoms with Gasteiger partial charge in [0.2, 0.25) is 0 Å². The molecule has 20 heavy (non-hydrogen) atoms. The number of nitrogens with two attached hydrogens (primary N) is 1. The Morgan fingerprint density at radius 1 is 1.30 bits per heavy atom. The minimum absolute atomic E-state index is 0.0907. The Morgan fingerprint density at radius 3 is 2.75 bits per heavy atom. The molecule has 1 fully saturated rings. The van der Waals surface area contributed by atoms with E-state index in [9.17, 15) is 5.11 Å². The fourth-order valence-electron chi connectivity index (χ4n) is 3.26. The number of benzene rings is 1. The molecular weight excluding hydrogens is 248 g/mol. The van der Waals surface area contributed by atoms with Crippen molar-refractivity contribution in [3.63, 3.8) is 0 Å². The van der Waals surface area contributed by atoms with E-state index in [0.29, 0.717) is 18.6 Å². The predicted molar refractivity (Wildman–Crippen MR) is 83.4 cm³/mol. The van der Waals surface area contributed by atoms with Crippen LogP contribution in [0.3, 0.4) is 0 Å². The van der Waals surface area contributed by atoms with Gasteiger partial charge in [-0.3, -0.25) is 4.90 Å². The molecule has 0 bridgehead atoms. The van der Waals surface area contributed by atoms with Crippen LogP contribution in [0.4, 0.5) is 0 Å². The van der Waals surface area contributed by atoms with Crippen molar-refractivity contribution in [3.8, 4) is 0 Å². The van der Waals surface area contributed by atoms with E-state index in [4.69, 9.17) is 5.73 Å². The molecule has 1 aliphatic rings. The van der Waals surface area contributed by atoms with Crippen molar-refractivity contribution in [1.82, 2.24) is 4.90 Å². The molecule has 1 aliphatic heterocycles. The number of likely N-dealkylation sites (tertiary alicyclic amines) is 1. The zero-order chi connectivity index (χ0) is 14.4. The van der Waals surface area contributed by atoms with Crippen molar-refractivity contribution < 1.29 is 5.11 Å². The summed E-state index contributed by atoms with van der Waals surface area (Å²) >= 11 is 0. The lowest BCUT2D eigenvalue weighted by atomic mass is 9.92. The van der Waals surface area contributed by atoms with Gasteiger partial charge in [-0.1, -0.05) is 43.7 Å². The smallest absolute Gasteiger partial charge is 0.0445 e. The summed E-state index contributed by atoms with van der Waals surface area (Å²) in [7, 11) is 0. The molecule has 1 saturated heterocycles. The van der Waals surface area contributed by atoms with E-state index in [1.165, 1.54) is 24.8 Å². The highest BCUT2D eigenvalue weighted by Gasteiger charge is 2.25. The normalized spacial score (nSPS) is 23.4. The van der Waals surface area contributed by atoms with Gasteiger partial charge in [0.05, 0.1) is 0 Å². The van der Waals surface area contributed by atoms with Crippen molar-refractivity contribution in [2.45, 2.75) is 44.7 Å². The van der Waals surface area contributed by atoms with Crippen LogP contribution >= 0.6 is 0 Å². The molecule has 3 atom stereocenters. The van der Waals surface area contributed by atoms with Crippen molar-refractivity contribution >= 4 is 0 Å². The molecule has 112 valence electrons. The molecule has 0 saturated carbocycles. The second-order valence-corrected chi connectivity index (χ2v) is 6.07. The number of aliphatic hydroxyl groups is 1. The number of nitrogens with zero attached hydrogens (tertiary/aromatic N) is 1. The molecule has 3 unspecified atom stereocenters. The van der Waals surface area contributed by atoms with E-state index in [2.05, 4.69) is 36.1 Å². The Bertz CT molecular complexity index is 380. The van der Waals surface area contributed by atoms with Crippen LogP contribution in [0.1, 0.15) is 44.2 Å². The topological polar surface area (TPSA) is 49.5 Å². The van der Waals surface area contributed by atoms with Gasteiger partial charge in [0.1, 0.15) is 0 Å². The van der Waals surface area contributed by atoms with E-state index in [0.717, 1.165) is 19.5 Å². The highest BCUT2D eigenvalue weighted by atomic mass is 16.3. The highest BCUT2D eigenvalue weighted by Crippen LogP contribution is 2.25. The second kappa shape index (κ2) is 7.77. The quantitative estimate of drug-likeness (QED) is 0.839. The largest absolute Gasteiger partial charge is 0.396 e. The van der Waals surface area contributed by atoms with Gasteiger partial charge in [-0.05, 0) is 37.3 Å². The maximum atomic E-state index is 9.21. The first-order valence-electron chi connectivity index (χ1n) is 7.88. The van der Waals surface area contributed by atoms with Crippen molar-refractivity contribution in [2.24, 2.45) is 11.7 Å². The van der Waals surface area contributed by atoms with Crippen LogP contribution in [-0.2, 0) is 0 Å². The number of hydrogen-bond acceptors (Lipinski definition) is 3. The lowest BCUT2D eigenvalue weighted by Gasteiger charge is -2.38. The number of rotatable bonds is 6. The van der Waals surface area contributed by atoms with Gasteiger partial charge in [0.15, 0.2) is 0 Å². The van der Waals surface area contributed by atoms with Crippen LogP contribution in [0.5, 0.6) is 0 Å². The van der Waals surface area contributed by atoms with Gasteiger partial charge in [0, 0.05) is 25.2 Å². The zero-order valence-electron chi connectivity index (χ0n) is 12.5. The fourth-order valence-corrected chi connectivity index (χ4v) is 3.26. The molecule has 1 aromatic carbocycles. The molecule has 3 nitrogen and oxygen atoms in total. The summed E-state index contributed by atoms with van der Waals surface area (Å²) in [6.45, 7) is 4.71. The first-order chi connectivity index (χ1) is 9.72. The number of piperidine rings is 1. The van der Waals surface area contributed by atoms with Crippen LogP contribution in [0.25, 0.3) is 0 Å². The van der Waals surface area contributed by atoms with Crippen LogP contribution in [0, 0.1) is 5.92 Å². The third-order valence-corrected chi connectivity index (χ3v) is 4.53. The Hall–Kier alpha value is -0.900. The third kappa shape index (κ3) is 4.05. The summed E-state index contributed by atoms with van der Waals surface area (Å²) in [6.07, 6.45) is 4.68. The highest BCUT2D eigenvalue weighted by molar-refractivity contribution is 5.19. The van der Waals surface area contributed by atoms with Gasteiger partial charge in [-0.15, -0.1) is 0 Å². The first-order valence-corrected chi connectivity index (χ1v) is 7.88. The van der Waals surface area contributed by atoms with E-state index in [1.807, 2.05) is 6.07 Å². The molecular formula is C17H28N2O. The third-order valence-electron chi connectivity index (χ3n) is 4.53. The van der Waals surface area contributed by atoms with Crippen LogP contribution in [-0.4, -0.2) is 35.7 Å². The standard InChI is InChI=1S/C17H28N2O/c1-14(17(18)15-7-3-2-4-8-15)13-19-11-6-5-9-16(19)10-12-20/h2-4,7-8,14,16-17,20H,5-6,9-13,18H2,1H3. The molecule has 0 aliphatic carbocycles. The van der Waals surface area contributed by atoms with Crippen LogP contribution in [0.15, 0.2) is 30.3 Å². The van der Waals surface area contributed by atoms with E-state index in [-0.39, 0.29) is 6.04 Å². The van der Waals surface area contributed by atoms with E-state index < -0.39 is 0 Å². The molecule has 0 radical (unpaired) electrons. The number of aliphatic hydroxyl groups excluding tert-OH is 1. The Kier molecular flexibility index (Phi) is 6.02. The van der Waals surface area contributed by atoms with E-state index in [1.54, 1.807) is 0 Å². The average Bonchev–Trinajstić information content (AvgIpc) is 2.49. The minimum Gasteiger partial charge on any atom is -0.396 e. The first kappa shape index (κ1) is 15.5. The second-order valence-electron chi connectivity index (χ2n) is 6.07. The maximum absolute atomic E-state index is 9.21. The molecule has 3 heteroatoms. The van der Waals surface area contributed by atoms with Gasteiger partial charge < -0.3 is 10.8 Å². The van der Waals surface area contributed by atoms with E-state index >= 15 is 0 Å². The molecule has 1 heterocycles. The van der Waals surface area contributed by atoms with Crippen LogP contribution < -0.4 is 5.73 Å². The monoisotopic (exact) mass is 276 g/mol. The lowest BCUT2D eigenvalue weighted by molar-refractivity contribution is 0.0994. The maximum Gasteiger partial charge on any atom is 0.0445 e. The summed E-state index contributed by atoms with van der Waals surface area (Å²) in [6, 6.07) is 11.0. The Labute approximate surface area is 122 Å². The average molecular weight is 276 g/mol. The fraction of sp³-hybridized carbons (Fsp3) is 0.647. The van der Waals surface area contributed by atoms with Crippen molar-refractivity contribution in [2.75, 3.05) is 19.7 Å². The van der Waals surface area contributed by atoms with Gasteiger partial charge >= 0.3 is 0 Å². The zero-order valence-corrected chi connectivity index (χ0v) is 12.5. The summed E-state index contributed by atoms with van der Waals surface area (Å²) in [5, 5.41) is 9.21. The number of hydrogen-bond donors (Lipinski definition) is 2. The molecule has 0 spiro atoms. The minimum atomic E-state index is 0.0907. The van der Waals surface area contributed by atoms with Gasteiger partial charge in [0.25, 0.3) is 0 Å². The van der Waals surface area contributed by atoms with Gasteiger partial charge in [-0.25, -0.2) is 0 Å². The summed E-state index contributed by atoms with van der Waals surface area (Å²) in [4.78, 5) is 2.53. The van der Waals surface area contributed by atoms with Crippen molar-refractivity contribution in [3.05, 3.63) is 35.9 Å². The Balaban J connectivity index is 1.93. The molecule has 0 aromatic heterocycles. The summed E-state index contributed by atoms with van der Waals surface area (Å²) in [5.74, 6) is 0.427. The molecule has 3 N–H and O–H groups in total. The molecule has 1 aromatic rings. The predicted octanol–water partition coefficient (Wildman–Crippen LogP) is 2.56. The molecule has 0 amide bonds. The van der Waals surface area contributed by atoms with Crippen molar-refractivity contribution in [1.29, 1.82) is 0 Å². The van der Waals surface area contributed by atoms with Crippen LogP contribution in [0.2, 0.25) is 0 Å². The lowest BCUT2D eigenvalue weighted by Crippen LogP contribution is -2.44. The summed E-state index contributed by atoms with van der Waals surface area (Å²) in [5.41, 5.74) is 7.62.